The Bertz CT molecular complexity index is 675. The molecule has 2 atom stereocenters. The van der Waals surface area contributed by atoms with E-state index in [9.17, 15) is 19.2 Å². The molecule has 0 bridgehead atoms. The number of likely N-dealkylation sites (N-methyl/N-ethyl adjacent to an activating group) is 2. The van der Waals surface area contributed by atoms with Crippen molar-refractivity contribution in [2.75, 3.05) is 20.6 Å². The first kappa shape index (κ1) is 23.3. The Morgan fingerprint density at radius 1 is 1.11 bits per heavy atom. The van der Waals surface area contributed by atoms with Crippen LogP contribution < -0.4 is 5.32 Å². The van der Waals surface area contributed by atoms with Crippen molar-refractivity contribution in [1.82, 2.24) is 15.1 Å². The standard InChI is InChI=1S/C21H31N3O4/c1-15(2)11-19(16(3)26)24(5)20(27)13-23(4)21(28)18(22-14-25)12-17-9-7-6-8-10-17/h6-10,14-15,18-19H,11-13H2,1-5H3,(H,22,25)/t18-,19-/m0/s1. The molecule has 0 aromatic heterocycles. The molecule has 154 valence electrons. The lowest BCUT2D eigenvalue weighted by atomic mass is 9.99. The van der Waals surface area contributed by atoms with E-state index in [-0.39, 0.29) is 30.1 Å². The van der Waals surface area contributed by atoms with Gasteiger partial charge in [-0.05, 0) is 24.8 Å². The molecule has 1 N–H and O–H groups in total. The third-order valence-corrected chi connectivity index (χ3v) is 4.62. The van der Waals surface area contributed by atoms with Gasteiger partial charge in [-0.25, -0.2) is 0 Å². The van der Waals surface area contributed by atoms with Crippen molar-refractivity contribution < 1.29 is 19.2 Å². The van der Waals surface area contributed by atoms with Crippen molar-refractivity contribution in [1.29, 1.82) is 0 Å². The van der Waals surface area contributed by atoms with Crippen LogP contribution in [0.5, 0.6) is 0 Å². The normalized spacial score (nSPS) is 12.8. The van der Waals surface area contributed by atoms with Crippen molar-refractivity contribution in [3.8, 4) is 0 Å². The van der Waals surface area contributed by atoms with Crippen LogP contribution in [-0.2, 0) is 25.6 Å². The SMILES string of the molecule is CC(=O)[C@H](CC(C)C)N(C)C(=O)CN(C)C(=O)[C@H](Cc1ccccc1)NC=O. The lowest BCUT2D eigenvalue weighted by Crippen LogP contribution is -2.51. The molecule has 0 heterocycles. The van der Waals surface area contributed by atoms with Crippen LogP contribution in [0, 0.1) is 5.92 Å². The number of hydrogen-bond donors (Lipinski definition) is 1. The van der Waals surface area contributed by atoms with E-state index in [2.05, 4.69) is 5.32 Å². The Morgan fingerprint density at radius 2 is 1.71 bits per heavy atom. The van der Waals surface area contributed by atoms with Gasteiger partial charge in [-0.3, -0.25) is 19.2 Å². The number of carbonyl (C=O) groups excluding carboxylic acids is 4. The van der Waals surface area contributed by atoms with Crippen LogP contribution >= 0.6 is 0 Å². The van der Waals surface area contributed by atoms with Gasteiger partial charge in [0.05, 0.1) is 12.6 Å². The second-order valence-electron chi connectivity index (χ2n) is 7.48. The highest BCUT2D eigenvalue weighted by molar-refractivity contribution is 5.91. The van der Waals surface area contributed by atoms with E-state index < -0.39 is 12.1 Å². The second kappa shape index (κ2) is 11.2. The average Bonchev–Trinajstić information content (AvgIpc) is 2.65. The zero-order chi connectivity index (χ0) is 21.3. The summed E-state index contributed by atoms with van der Waals surface area (Å²) in [6.45, 7) is 5.28. The summed E-state index contributed by atoms with van der Waals surface area (Å²) in [4.78, 5) is 50.9. The Kier molecular flexibility index (Phi) is 9.35. The Labute approximate surface area is 167 Å². The minimum absolute atomic E-state index is 0.0805. The van der Waals surface area contributed by atoms with Crippen LogP contribution in [-0.4, -0.2) is 66.5 Å². The second-order valence-corrected chi connectivity index (χ2v) is 7.48. The lowest BCUT2D eigenvalue weighted by molar-refractivity contribution is -0.143. The molecular weight excluding hydrogens is 358 g/mol. The highest BCUT2D eigenvalue weighted by Gasteiger charge is 2.28. The number of amides is 3. The highest BCUT2D eigenvalue weighted by atomic mass is 16.2. The van der Waals surface area contributed by atoms with Crippen molar-refractivity contribution in [3.05, 3.63) is 35.9 Å². The van der Waals surface area contributed by atoms with Crippen LogP contribution in [0.1, 0.15) is 32.8 Å². The molecule has 1 aromatic rings. The van der Waals surface area contributed by atoms with Crippen LogP contribution in [0.2, 0.25) is 0 Å². The summed E-state index contributed by atoms with van der Waals surface area (Å²) in [7, 11) is 3.10. The molecule has 1 aromatic carbocycles. The van der Waals surface area contributed by atoms with Gasteiger partial charge in [-0.15, -0.1) is 0 Å². The molecule has 3 amide bonds. The molecule has 7 heteroatoms. The largest absolute Gasteiger partial charge is 0.347 e. The molecule has 0 spiro atoms. The molecule has 0 radical (unpaired) electrons. The fraction of sp³-hybridized carbons (Fsp3) is 0.524. The van der Waals surface area contributed by atoms with Gasteiger partial charge in [0, 0.05) is 20.5 Å². The Balaban J connectivity index is 2.79. The number of benzene rings is 1. The minimum atomic E-state index is -0.762. The number of nitrogens with zero attached hydrogens (tertiary/aromatic N) is 2. The lowest BCUT2D eigenvalue weighted by Gasteiger charge is -2.30. The third-order valence-electron chi connectivity index (χ3n) is 4.62. The molecule has 0 fully saturated rings. The summed E-state index contributed by atoms with van der Waals surface area (Å²) < 4.78 is 0. The zero-order valence-electron chi connectivity index (χ0n) is 17.3. The van der Waals surface area contributed by atoms with E-state index in [1.165, 1.54) is 23.8 Å². The average molecular weight is 389 g/mol. The smallest absolute Gasteiger partial charge is 0.245 e. The van der Waals surface area contributed by atoms with Gasteiger partial charge in [0.25, 0.3) is 0 Å². The number of ketones is 1. The first-order valence-electron chi connectivity index (χ1n) is 9.42. The van der Waals surface area contributed by atoms with Crippen LogP contribution in [0.25, 0.3) is 0 Å². The van der Waals surface area contributed by atoms with Crippen LogP contribution in [0.15, 0.2) is 30.3 Å². The molecule has 0 aliphatic rings. The third kappa shape index (κ3) is 7.13. The minimum Gasteiger partial charge on any atom is -0.347 e. The first-order valence-corrected chi connectivity index (χ1v) is 9.42. The molecule has 0 saturated heterocycles. The van der Waals surface area contributed by atoms with Gasteiger partial charge < -0.3 is 15.1 Å². The molecule has 0 aliphatic carbocycles. The van der Waals surface area contributed by atoms with E-state index in [0.29, 0.717) is 19.3 Å². The zero-order valence-corrected chi connectivity index (χ0v) is 17.3. The van der Waals surface area contributed by atoms with E-state index in [0.717, 1.165) is 5.56 Å². The maximum atomic E-state index is 12.7. The summed E-state index contributed by atoms with van der Waals surface area (Å²) in [5, 5.41) is 2.53. The summed E-state index contributed by atoms with van der Waals surface area (Å²) in [5.41, 5.74) is 0.903. The van der Waals surface area contributed by atoms with E-state index in [1.807, 2.05) is 44.2 Å². The van der Waals surface area contributed by atoms with Gasteiger partial charge in [0.1, 0.15) is 6.04 Å². The summed E-state index contributed by atoms with van der Waals surface area (Å²) in [5.74, 6) is -0.499. The van der Waals surface area contributed by atoms with Gasteiger partial charge in [0.15, 0.2) is 5.78 Å². The molecule has 0 saturated carbocycles. The quantitative estimate of drug-likeness (QED) is 0.578. The molecule has 7 nitrogen and oxygen atoms in total. The van der Waals surface area contributed by atoms with Gasteiger partial charge in [-0.2, -0.15) is 0 Å². The van der Waals surface area contributed by atoms with Crippen LogP contribution in [0.4, 0.5) is 0 Å². The molecule has 0 unspecified atom stereocenters. The predicted molar refractivity (Wildman–Crippen MR) is 107 cm³/mol. The number of rotatable bonds is 11. The van der Waals surface area contributed by atoms with E-state index in [1.54, 1.807) is 7.05 Å². The molecule has 28 heavy (non-hydrogen) atoms. The van der Waals surface area contributed by atoms with Crippen molar-refractivity contribution in [3.63, 3.8) is 0 Å². The summed E-state index contributed by atoms with van der Waals surface area (Å²) in [6.07, 6.45) is 1.39. The van der Waals surface area contributed by atoms with Crippen molar-refractivity contribution in [2.24, 2.45) is 5.92 Å². The van der Waals surface area contributed by atoms with E-state index in [4.69, 9.17) is 0 Å². The van der Waals surface area contributed by atoms with Gasteiger partial charge in [0.2, 0.25) is 18.2 Å². The fourth-order valence-corrected chi connectivity index (χ4v) is 3.02. The Morgan fingerprint density at radius 3 is 2.21 bits per heavy atom. The van der Waals surface area contributed by atoms with E-state index >= 15 is 0 Å². The summed E-state index contributed by atoms with van der Waals surface area (Å²) >= 11 is 0. The number of carbonyl (C=O) groups is 4. The predicted octanol–water partition coefficient (Wildman–Crippen LogP) is 1.26. The van der Waals surface area contributed by atoms with Crippen LogP contribution in [0.3, 0.4) is 0 Å². The van der Waals surface area contributed by atoms with Crippen molar-refractivity contribution in [2.45, 2.75) is 45.7 Å². The molecule has 0 aliphatic heterocycles. The number of hydrogen-bond acceptors (Lipinski definition) is 4. The number of nitrogens with one attached hydrogen (secondary N) is 1. The van der Waals surface area contributed by atoms with Gasteiger partial charge in [-0.1, -0.05) is 44.2 Å². The fourth-order valence-electron chi connectivity index (χ4n) is 3.02. The maximum Gasteiger partial charge on any atom is 0.245 e. The topological polar surface area (TPSA) is 86.8 Å². The monoisotopic (exact) mass is 389 g/mol. The maximum absolute atomic E-state index is 12.7. The molecular formula is C21H31N3O4. The first-order chi connectivity index (χ1) is 13.2. The van der Waals surface area contributed by atoms with Crippen molar-refractivity contribution >= 4 is 24.0 Å². The molecule has 1 rings (SSSR count). The van der Waals surface area contributed by atoms with Gasteiger partial charge >= 0.3 is 0 Å². The Hall–Kier alpha value is -2.70. The summed E-state index contributed by atoms with van der Waals surface area (Å²) in [6, 6.07) is 8.06. The number of Topliss-reactive ketones (excluding diaryl/α,β-unsaturated/α-hetero) is 1. The highest BCUT2D eigenvalue weighted by Crippen LogP contribution is 2.12.